The van der Waals surface area contributed by atoms with Crippen molar-refractivity contribution in [1.29, 1.82) is 0 Å². The summed E-state index contributed by atoms with van der Waals surface area (Å²) in [6.07, 6.45) is 1.51. The van der Waals surface area contributed by atoms with Crippen molar-refractivity contribution in [3.63, 3.8) is 0 Å². The van der Waals surface area contributed by atoms with Gasteiger partial charge in [0.25, 0.3) is 5.91 Å². The zero-order valence-corrected chi connectivity index (χ0v) is 12.8. The summed E-state index contributed by atoms with van der Waals surface area (Å²) in [5.74, 6) is 0.292. The minimum Gasteiger partial charge on any atom is -0.496 e. The molecule has 1 aliphatic rings. The van der Waals surface area contributed by atoms with E-state index in [-0.39, 0.29) is 12.5 Å². The van der Waals surface area contributed by atoms with Gasteiger partial charge in [-0.1, -0.05) is 11.6 Å². The van der Waals surface area contributed by atoms with E-state index >= 15 is 0 Å². The Morgan fingerprint density at radius 2 is 2.19 bits per heavy atom. The van der Waals surface area contributed by atoms with Crippen LogP contribution >= 0.6 is 11.6 Å². The molecule has 0 unspecified atom stereocenters. The summed E-state index contributed by atoms with van der Waals surface area (Å²) >= 11 is 5.90. The van der Waals surface area contributed by atoms with Crippen LogP contribution in [0.1, 0.15) is 29.6 Å². The molecule has 1 heterocycles. The number of halogens is 1. The highest BCUT2D eigenvalue weighted by molar-refractivity contribution is 6.30. The summed E-state index contributed by atoms with van der Waals surface area (Å²) in [4.78, 5) is 14.3. The maximum absolute atomic E-state index is 12.6. The molecule has 0 spiro atoms. The first-order valence-electron chi connectivity index (χ1n) is 6.95. The molecular formula is C15H20ClNO4. The van der Waals surface area contributed by atoms with Gasteiger partial charge in [-0.15, -0.1) is 0 Å². The van der Waals surface area contributed by atoms with E-state index in [2.05, 4.69) is 0 Å². The summed E-state index contributed by atoms with van der Waals surface area (Å²) < 4.78 is 5.21. The molecule has 2 N–H and O–H groups in total. The molecule has 0 aliphatic carbocycles. The Kier molecular flexibility index (Phi) is 5.08. The van der Waals surface area contributed by atoms with Crippen LogP contribution in [-0.4, -0.2) is 53.4 Å². The van der Waals surface area contributed by atoms with E-state index in [1.165, 1.54) is 7.11 Å². The van der Waals surface area contributed by atoms with Crippen molar-refractivity contribution in [1.82, 2.24) is 4.90 Å². The topological polar surface area (TPSA) is 70.0 Å². The van der Waals surface area contributed by atoms with Crippen molar-refractivity contribution in [3.8, 4) is 5.75 Å². The second kappa shape index (κ2) is 6.64. The summed E-state index contributed by atoms with van der Waals surface area (Å²) in [7, 11) is 1.50. The van der Waals surface area contributed by atoms with Crippen molar-refractivity contribution < 1.29 is 19.7 Å². The number of carbonyl (C=O) groups excluding carboxylic acids is 1. The molecule has 116 valence electrons. The van der Waals surface area contributed by atoms with Crippen LogP contribution in [0.2, 0.25) is 5.02 Å². The van der Waals surface area contributed by atoms with E-state index in [1.807, 2.05) is 0 Å². The highest BCUT2D eigenvalue weighted by atomic mass is 35.5. The second-order valence-electron chi connectivity index (χ2n) is 5.37. The molecule has 21 heavy (non-hydrogen) atoms. The van der Waals surface area contributed by atoms with Crippen molar-refractivity contribution in [3.05, 3.63) is 28.8 Å². The molecule has 1 amide bonds. The molecule has 5 nitrogen and oxygen atoms in total. The number of aliphatic hydroxyl groups excluding tert-OH is 1. The Labute approximate surface area is 129 Å². The lowest BCUT2D eigenvalue weighted by atomic mass is 9.96. The number of hydrogen-bond donors (Lipinski definition) is 2. The number of amides is 1. The maximum atomic E-state index is 12.6. The molecular weight excluding hydrogens is 294 g/mol. The molecule has 1 fully saturated rings. The smallest absolute Gasteiger partial charge is 0.257 e. The van der Waals surface area contributed by atoms with Crippen molar-refractivity contribution in [2.24, 2.45) is 0 Å². The summed E-state index contributed by atoms with van der Waals surface area (Å²) in [6.45, 7) is 0.674. The number of hydrogen-bond acceptors (Lipinski definition) is 4. The van der Waals surface area contributed by atoms with Gasteiger partial charge in [-0.3, -0.25) is 4.79 Å². The largest absolute Gasteiger partial charge is 0.496 e. The predicted molar refractivity (Wildman–Crippen MR) is 79.8 cm³/mol. The first-order chi connectivity index (χ1) is 9.99. The fourth-order valence-electron chi connectivity index (χ4n) is 2.55. The Balaban J connectivity index is 2.17. The number of ether oxygens (including phenoxy) is 1. The third-order valence-corrected chi connectivity index (χ3v) is 4.13. The van der Waals surface area contributed by atoms with E-state index in [0.717, 1.165) is 0 Å². The predicted octanol–water partition coefficient (Wildman–Crippen LogP) is 1.70. The van der Waals surface area contributed by atoms with Gasteiger partial charge in [-0.05, 0) is 37.5 Å². The SMILES string of the molecule is COc1cc(Cl)ccc1C(=O)N1CCC[C@@](O)(CO)CC1. The maximum Gasteiger partial charge on any atom is 0.257 e. The van der Waals surface area contributed by atoms with Crippen LogP contribution in [-0.2, 0) is 0 Å². The number of nitrogens with zero attached hydrogens (tertiary/aromatic N) is 1. The third-order valence-electron chi connectivity index (χ3n) is 3.89. The first kappa shape index (κ1) is 16.1. The second-order valence-corrected chi connectivity index (χ2v) is 5.81. The summed E-state index contributed by atoms with van der Waals surface area (Å²) in [5.41, 5.74) is -0.629. The average molecular weight is 314 g/mol. The Morgan fingerprint density at radius 1 is 1.43 bits per heavy atom. The minimum absolute atomic E-state index is 0.147. The zero-order chi connectivity index (χ0) is 15.5. The lowest BCUT2D eigenvalue weighted by molar-refractivity contribution is -0.0250. The Hall–Kier alpha value is -1.30. The number of likely N-dealkylation sites (tertiary alicyclic amines) is 1. The molecule has 1 aromatic rings. The normalized spacial score (nSPS) is 22.8. The number of methoxy groups -OCH3 is 1. The van der Waals surface area contributed by atoms with Gasteiger partial charge >= 0.3 is 0 Å². The molecule has 1 saturated heterocycles. The van der Waals surface area contributed by atoms with Crippen LogP contribution < -0.4 is 4.74 Å². The van der Waals surface area contributed by atoms with Gasteiger partial charge in [-0.2, -0.15) is 0 Å². The molecule has 0 saturated carbocycles. The number of rotatable bonds is 3. The van der Waals surface area contributed by atoms with Gasteiger partial charge in [0.05, 0.1) is 24.9 Å². The van der Waals surface area contributed by atoms with E-state index in [1.54, 1.807) is 23.1 Å². The minimum atomic E-state index is -1.08. The lowest BCUT2D eigenvalue weighted by Gasteiger charge is -2.24. The van der Waals surface area contributed by atoms with E-state index in [9.17, 15) is 15.0 Å². The lowest BCUT2D eigenvalue weighted by Crippen LogP contribution is -2.36. The molecule has 0 radical (unpaired) electrons. The monoisotopic (exact) mass is 313 g/mol. The number of carbonyl (C=O) groups is 1. The van der Waals surface area contributed by atoms with Crippen LogP contribution in [0.25, 0.3) is 0 Å². The fraction of sp³-hybridized carbons (Fsp3) is 0.533. The number of aliphatic hydroxyl groups is 2. The zero-order valence-electron chi connectivity index (χ0n) is 12.0. The Morgan fingerprint density at radius 3 is 2.86 bits per heavy atom. The highest BCUT2D eigenvalue weighted by Gasteiger charge is 2.31. The van der Waals surface area contributed by atoms with E-state index in [4.69, 9.17) is 16.3 Å². The molecule has 1 aromatic carbocycles. The van der Waals surface area contributed by atoms with Crippen molar-refractivity contribution in [2.45, 2.75) is 24.9 Å². The summed E-state index contributed by atoms with van der Waals surface area (Å²) in [5, 5.41) is 19.9. The van der Waals surface area contributed by atoms with Crippen LogP contribution in [0.5, 0.6) is 5.75 Å². The van der Waals surface area contributed by atoms with Gasteiger partial charge in [0.1, 0.15) is 5.75 Å². The molecule has 6 heteroatoms. The van der Waals surface area contributed by atoms with Gasteiger partial charge in [-0.25, -0.2) is 0 Å². The van der Waals surface area contributed by atoms with Crippen LogP contribution in [0, 0.1) is 0 Å². The highest BCUT2D eigenvalue weighted by Crippen LogP contribution is 2.27. The number of benzene rings is 1. The molecule has 0 bridgehead atoms. The van der Waals surface area contributed by atoms with Crippen molar-refractivity contribution in [2.75, 3.05) is 26.8 Å². The summed E-state index contributed by atoms with van der Waals surface area (Å²) in [6, 6.07) is 4.91. The fourth-order valence-corrected chi connectivity index (χ4v) is 2.71. The van der Waals surface area contributed by atoms with E-state index in [0.29, 0.717) is 48.7 Å². The Bertz CT molecular complexity index is 522. The molecule has 1 aliphatic heterocycles. The van der Waals surface area contributed by atoms with Gasteiger partial charge < -0.3 is 19.8 Å². The van der Waals surface area contributed by atoms with Crippen LogP contribution in [0.15, 0.2) is 18.2 Å². The van der Waals surface area contributed by atoms with Crippen LogP contribution in [0.3, 0.4) is 0 Å². The molecule has 2 rings (SSSR count). The quantitative estimate of drug-likeness (QED) is 0.891. The van der Waals surface area contributed by atoms with Gasteiger partial charge in [0.15, 0.2) is 0 Å². The molecule has 1 atom stereocenters. The van der Waals surface area contributed by atoms with Crippen molar-refractivity contribution >= 4 is 17.5 Å². The first-order valence-corrected chi connectivity index (χ1v) is 7.33. The van der Waals surface area contributed by atoms with Gasteiger partial charge in [0.2, 0.25) is 0 Å². The third kappa shape index (κ3) is 3.67. The van der Waals surface area contributed by atoms with E-state index < -0.39 is 5.60 Å². The standard InChI is InChI=1S/C15H20ClNO4/c1-21-13-9-11(16)3-4-12(13)14(19)17-7-2-5-15(20,10-18)6-8-17/h3-4,9,18,20H,2,5-8,10H2,1H3/t15-/m0/s1. The van der Waals surface area contributed by atoms with Gasteiger partial charge in [0, 0.05) is 18.1 Å². The average Bonchev–Trinajstić information content (AvgIpc) is 2.69. The van der Waals surface area contributed by atoms with Crippen LogP contribution in [0.4, 0.5) is 0 Å². The molecule has 0 aromatic heterocycles.